The molecule has 1 nitrogen and oxygen atoms in total. The Labute approximate surface area is 220 Å². The van der Waals surface area contributed by atoms with E-state index in [1.165, 1.54) is 76.4 Å². The van der Waals surface area contributed by atoms with Crippen molar-refractivity contribution < 1.29 is 4.43 Å². The molecule has 0 saturated heterocycles. The Morgan fingerprint density at radius 2 is 1.63 bits per heavy atom. The summed E-state index contributed by atoms with van der Waals surface area (Å²) in [5.74, 6) is 7.86. The first-order valence-corrected chi connectivity index (χ1v) is 18.5. The van der Waals surface area contributed by atoms with Crippen molar-refractivity contribution in [1.82, 2.24) is 0 Å². The minimum Gasteiger partial charge on any atom is -0.547 e. The number of allylic oxidation sites excluding steroid dienone is 2. The van der Waals surface area contributed by atoms with Crippen LogP contribution in [-0.2, 0) is 4.43 Å². The summed E-state index contributed by atoms with van der Waals surface area (Å²) < 4.78 is 6.85. The molecule has 0 heterocycles. The second kappa shape index (κ2) is 9.81. The summed E-state index contributed by atoms with van der Waals surface area (Å²) >= 11 is 0. The third-order valence-electron chi connectivity index (χ3n) is 12.7. The van der Waals surface area contributed by atoms with Gasteiger partial charge in [0.05, 0.1) is 5.76 Å². The van der Waals surface area contributed by atoms with Crippen LogP contribution >= 0.6 is 0 Å². The molecule has 35 heavy (non-hydrogen) atoms. The Kier molecular flexibility index (Phi) is 7.79. The Morgan fingerprint density at radius 1 is 0.943 bits per heavy atom. The molecule has 4 aliphatic rings. The van der Waals surface area contributed by atoms with Gasteiger partial charge in [0.1, 0.15) is 0 Å². The van der Waals surface area contributed by atoms with E-state index >= 15 is 0 Å². The lowest BCUT2D eigenvalue weighted by atomic mass is 9.45. The van der Waals surface area contributed by atoms with Gasteiger partial charge >= 0.3 is 0 Å². The van der Waals surface area contributed by atoms with Gasteiger partial charge in [0.2, 0.25) is 8.32 Å². The maximum Gasteiger partial charge on any atom is 0.250 e. The predicted molar refractivity (Wildman–Crippen MR) is 155 cm³/mol. The molecular formula is C33H60OSi. The van der Waals surface area contributed by atoms with Gasteiger partial charge in [0.25, 0.3) is 0 Å². The average molecular weight is 501 g/mol. The quantitative estimate of drug-likeness (QED) is 0.316. The van der Waals surface area contributed by atoms with Crippen molar-refractivity contribution in [2.45, 2.75) is 144 Å². The molecule has 3 fully saturated rings. The van der Waals surface area contributed by atoms with Gasteiger partial charge in [-0.1, -0.05) is 74.7 Å². The molecular weight excluding hydrogens is 440 g/mol. The van der Waals surface area contributed by atoms with Crippen LogP contribution in [0.4, 0.5) is 0 Å². The van der Waals surface area contributed by atoms with Crippen LogP contribution in [0, 0.1) is 52.3 Å². The van der Waals surface area contributed by atoms with Gasteiger partial charge in [-0.2, -0.15) is 0 Å². The van der Waals surface area contributed by atoms with Crippen molar-refractivity contribution in [2.75, 3.05) is 0 Å². The van der Waals surface area contributed by atoms with Gasteiger partial charge in [-0.05, 0) is 121 Å². The van der Waals surface area contributed by atoms with Crippen LogP contribution in [0.5, 0.6) is 0 Å². The van der Waals surface area contributed by atoms with Gasteiger partial charge in [-0.25, -0.2) is 0 Å². The van der Waals surface area contributed by atoms with E-state index in [0.717, 1.165) is 41.4 Å². The molecule has 0 aromatic rings. The first kappa shape index (κ1) is 27.8. The second-order valence-electron chi connectivity index (χ2n) is 16.1. The molecule has 0 unspecified atom stereocenters. The minimum atomic E-state index is -1.74. The fourth-order valence-electron chi connectivity index (χ4n) is 9.44. The predicted octanol–water partition coefficient (Wildman–Crippen LogP) is 10.6. The number of hydrogen-bond acceptors (Lipinski definition) is 1. The smallest absolute Gasteiger partial charge is 0.250 e. The normalized spacial score (nSPS) is 40.5. The van der Waals surface area contributed by atoms with Crippen LogP contribution in [0.3, 0.4) is 0 Å². The molecule has 0 radical (unpaired) electrons. The minimum absolute atomic E-state index is 0.283. The van der Waals surface area contributed by atoms with E-state index in [0.29, 0.717) is 10.8 Å². The van der Waals surface area contributed by atoms with Crippen molar-refractivity contribution in [3.05, 3.63) is 11.8 Å². The van der Waals surface area contributed by atoms with Crippen molar-refractivity contribution in [2.24, 2.45) is 52.3 Å². The third kappa shape index (κ3) is 5.09. The van der Waals surface area contributed by atoms with Crippen molar-refractivity contribution in [1.29, 1.82) is 0 Å². The summed E-state index contributed by atoms with van der Waals surface area (Å²) in [6.45, 7) is 24.8. The van der Waals surface area contributed by atoms with E-state index in [-0.39, 0.29) is 5.04 Å². The number of hydrogen-bond donors (Lipinski definition) is 0. The van der Waals surface area contributed by atoms with Gasteiger partial charge in [0, 0.05) is 6.42 Å². The third-order valence-corrected chi connectivity index (χ3v) is 17.1. The van der Waals surface area contributed by atoms with Crippen LogP contribution in [0.1, 0.15) is 126 Å². The first-order valence-electron chi connectivity index (χ1n) is 15.6. The SMILES string of the molecule is CC(C)CCC[C@@H](C)[C@H]1CC[C@H]2[C@@H]3CC[C@H]4CC(O[Si](C)(C)C(C)(C)C)=CC[C@]4(C)[C@H]3CC[C@]12C. The van der Waals surface area contributed by atoms with Gasteiger partial charge in [-0.3, -0.25) is 0 Å². The summed E-state index contributed by atoms with van der Waals surface area (Å²) in [6, 6.07) is 0. The summed E-state index contributed by atoms with van der Waals surface area (Å²) in [5, 5.41) is 0.283. The van der Waals surface area contributed by atoms with Gasteiger partial charge in [0.15, 0.2) is 0 Å². The van der Waals surface area contributed by atoms with E-state index < -0.39 is 8.32 Å². The number of fused-ring (bicyclic) bond motifs is 5. The maximum absolute atomic E-state index is 6.85. The summed E-state index contributed by atoms with van der Waals surface area (Å²) in [5.41, 5.74) is 1.12. The highest BCUT2D eigenvalue weighted by molar-refractivity contribution is 6.74. The van der Waals surface area contributed by atoms with Crippen LogP contribution in [0.25, 0.3) is 0 Å². The van der Waals surface area contributed by atoms with Crippen LogP contribution in [0.2, 0.25) is 18.1 Å². The lowest BCUT2D eigenvalue weighted by Gasteiger charge is -2.60. The fourth-order valence-corrected chi connectivity index (χ4v) is 10.6. The Balaban J connectivity index is 1.45. The Bertz CT molecular complexity index is 774. The first-order chi connectivity index (χ1) is 16.2. The van der Waals surface area contributed by atoms with Crippen LogP contribution in [-0.4, -0.2) is 8.32 Å². The van der Waals surface area contributed by atoms with Gasteiger partial charge in [-0.15, -0.1) is 0 Å². The van der Waals surface area contributed by atoms with E-state index in [2.05, 4.69) is 74.6 Å². The highest BCUT2D eigenvalue weighted by Gasteiger charge is 2.60. The summed E-state index contributed by atoms with van der Waals surface area (Å²) in [4.78, 5) is 0. The Morgan fingerprint density at radius 3 is 2.29 bits per heavy atom. The highest BCUT2D eigenvalue weighted by atomic mass is 28.4. The largest absolute Gasteiger partial charge is 0.547 e. The zero-order chi connectivity index (χ0) is 25.8. The topological polar surface area (TPSA) is 9.23 Å². The fraction of sp³-hybridized carbons (Fsp3) is 0.939. The Hall–Kier alpha value is -0.243. The monoisotopic (exact) mass is 500 g/mol. The zero-order valence-corrected chi connectivity index (χ0v) is 26.3. The molecule has 202 valence electrons. The molecule has 0 spiro atoms. The molecule has 0 bridgehead atoms. The molecule has 3 saturated carbocycles. The maximum atomic E-state index is 6.85. The lowest BCUT2D eigenvalue weighted by molar-refractivity contribution is -0.104. The summed E-state index contributed by atoms with van der Waals surface area (Å²) in [7, 11) is -1.74. The van der Waals surface area contributed by atoms with Crippen molar-refractivity contribution in [3.8, 4) is 0 Å². The molecule has 0 amide bonds. The van der Waals surface area contributed by atoms with E-state index in [9.17, 15) is 0 Å². The van der Waals surface area contributed by atoms with E-state index in [4.69, 9.17) is 4.43 Å². The average Bonchev–Trinajstić information content (AvgIpc) is 3.10. The molecule has 0 N–H and O–H groups in total. The van der Waals surface area contributed by atoms with Gasteiger partial charge < -0.3 is 4.43 Å². The molecule has 0 aromatic heterocycles. The van der Waals surface area contributed by atoms with Crippen LogP contribution in [0.15, 0.2) is 11.8 Å². The second-order valence-corrected chi connectivity index (χ2v) is 20.9. The molecule has 4 aliphatic carbocycles. The molecule has 4 rings (SSSR count). The lowest BCUT2D eigenvalue weighted by Crippen LogP contribution is -2.53. The zero-order valence-electron chi connectivity index (χ0n) is 25.3. The summed E-state index contributed by atoms with van der Waals surface area (Å²) in [6.07, 6.45) is 18.3. The van der Waals surface area contributed by atoms with Crippen LogP contribution < -0.4 is 0 Å². The van der Waals surface area contributed by atoms with E-state index in [1.54, 1.807) is 0 Å². The number of rotatable bonds is 7. The molecule has 8 atom stereocenters. The van der Waals surface area contributed by atoms with Crippen molar-refractivity contribution in [3.63, 3.8) is 0 Å². The molecule has 0 aromatic carbocycles. The molecule has 0 aliphatic heterocycles. The standard InChI is InChI=1S/C33H60OSi/c1-23(2)12-11-13-24(3)28-16-17-29-27-15-14-25-22-26(34-35(9,10)31(4,5)6)18-20-32(25,7)30(27)19-21-33(28,29)8/h18,23-25,27-30H,11-17,19-22H2,1-10H3/t24-,25+,27+,28-,29+,30+,32+,33-/m1/s1. The van der Waals surface area contributed by atoms with E-state index in [1.807, 2.05) is 0 Å². The highest BCUT2D eigenvalue weighted by Crippen LogP contribution is 2.68. The molecule has 2 heteroatoms. The van der Waals surface area contributed by atoms with Crippen molar-refractivity contribution >= 4 is 8.32 Å².